The SMILES string of the molecule is CC(C)(C)c1ccc(C(=O)NC2=NN(c3ccccc3)C(=O)C2)cc1. The second-order valence-electron chi connectivity index (χ2n) is 7.05. The summed E-state index contributed by atoms with van der Waals surface area (Å²) in [6.07, 6.45) is 0.0840. The van der Waals surface area contributed by atoms with Crippen molar-refractivity contribution in [3.8, 4) is 0 Å². The zero-order valence-electron chi connectivity index (χ0n) is 14.6. The summed E-state index contributed by atoms with van der Waals surface area (Å²) in [6, 6.07) is 16.6. The smallest absolute Gasteiger partial charge is 0.256 e. The molecule has 1 N–H and O–H groups in total. The Labute approximate surface area is 147 Å². The van der Waals surface area contributed by atoms with Gasteiger partial charge in [-0.1, -0.05) is 51.1 Å². The summed E-state index contributed by atoms with van der Waals surface area (Å²) in [5.74, 6) is -0.0646. The first kappa shape index (κ1) is 16.9. The first-order valence-corrected chi connectivity index (χ1v) is 8.22. The fraction of sp³-hybridized carbons (Fsp3) is 0.250. The summed E-state index contributed by atoms with van der Waals surface area (Å²) in [6.45, 7) is 6.37. The largest absolute Gasteiger partial charge is 0.308 e. The number of nitrogens with zero attached hydrogens (tertiary/aromatic N) is 2. The fourth-order valence-electron chi connectivity index (χ4n) is 2.59. The molecule has 0 bridgehead atoms. The predicted molar refractivity (Wildman–Crippen MR) is 98.6 cm³/mol. The Morgan fingerprint density at radius 2 is 1.68 bits per heavy atom. The summed E-state index contributed by atoms with van der Waals surface area (Å²) in [5.41, 5.74) is 2.42. The van der Waals surface area contributed by atoms with Crippen LogP contribution in [0.1, 0.15) is 43.1 Å². The van der Waals surface area contributed by atoms with E-state index in [9.17, 15) is 9.59 Å². The highest BCUT2D eigenvalue weighted by Gasteiger charge is 2.26. The van der Waals surface area contributed by atoms with Gasteiger partial charge in [-0.15, -0.1) is 0 Å². The molecule has 3 rings (SSSR count). The molecule has 25 heavy (non-hydrogen) atoms. The lowest BCUT2D eigenvalue weighted by Crippen LogP contribution is -2.29. The van der Waals surface area contributed by atoms with Crippen LogP contribution in [0.2, 0.25) is 0 Å². The van der Waals surface area contributed by atoms with Gasteiger partial charge in [0.05, 0.1) is 12.1 Å². The van der Waals surface area contributed by atoms with Crippen LogP contribution in [0.15, 0.2) is 59.7 Å². The molecule has 5 nitrogen and oxygen atoms in total. The Hall–Kier alpha value is -2.95. The van der Waals surface area contributed by atoms with Crippen LogP contribution in [0, 0.1) is 0 Å². The molecule has 1 heterocycles. The minimum Gasteiger partial charge on any atom is -0.308 e. The van der Waals surface area contributed by atoms with Crippen molar-refractivity contribution in [3.05, 3.63) is 65.7 Å². The predicted octanol–water partition coefficient (Wildman–Crippen LogP) is 3.46. The molecule has 2 aromatic rings. The quantitative estimate of drug-likeness (QED) is 0.913. The van der Waals surface area contributed by atoms with E-state index in [0.29, 0.717) is 17.1 Å². The van der Waals surface area contributed by atoms with Crippen molar-refractivity contribution in [2.24, 2.45) is 5.10 Å². The van der Waals surface area contributed by atoms with Gasteiger partial charge < -0.3 is 5.32 Å². The van der Waals surface area contributed by atoms with Gasteiger partial charge in [-0.05, 0) is 35.2 Å². The summed E-state index contributed by atoms with van der Waals surface area (Å²) in [7, 11) is 0. The van der Waals surface area contributed by atoms with Crippen LogP contribution < -0.4 is 10.3 Å². The first-order valence-electron chi connectivity index (χ1n) is 8.22. The number of hydrogen-bond acceptors (Lipinski definition) is 3. The van der Waals surface area contributed by atoms with Gasteiger partial charge in [0, 0.05) is 5.56 Å². The third kappa shape index (κ3) is 3.76. The van der Waals surface area contributed by atoms with Crippen LogP contribution in [0.25, 0.3) is 0 Å². The Kier molecular flexibility index (Phi) is 4.40. The van der Waals surface area contributed by atoms with Crippen molar-refractivity contribution in [2.45, 2.75) is 32.6 Å². The van der Waals surface area contributed by atoms with Crippen molar-refractivity contribution in [1.82, 2.24) is 5.32 Å². The molecule has 0 saturated carbocycles. The maximum atomic E-state index is 12.4. The van der Waals surface area contributed by atoms with Crippen molar-refractivity contribution < 1.29 is 9.59 Å². The van der Waals surface area contributed by atoms with Crippen molar-refractivity contribution >= 4 is 23.3 Å². The number of rotatable bonds is 2. The Bertz CT molecular complexity index is 818. The number of carbonyl (C=O) groups is 2. The Balaban J connectivity index is 1.72. The third-order valence-corrected chi connectivity index (χ3v) is 4.05. The second kappa shape index (κ2) is 6.51. The van der Waals surface area contributed by atoms with E-state index < -0.39 is 0 Å². The molecule has 128 valence electrons. The number of benzene rings is 2. The Morgan fingerprint density at radius 1 is 1.04 bits per heavy atom. The van der Waals surface area contributed by atoms with E-state index in [0.717, 1.165) is 5.56 Å². The zero-order chi connectivity index (χ0) is 18.0. The van der Waals surface area contributed by atoms with E-state index in [1.54, 1.807) is 24.3 Å². The third-order valence-electron chi connectivity index (χ3n) is 4.05. The van der Waals surface area contributed by atoms with Crippen LogP contribution in [-0.2, 0) is 10.2 Å². The van der Waals surface area contributed by atoms with Gasteiger partial charge in [-0.2, -0.15) is 10.1 Å². The minimum atomic E-state index is -0.262. The maximum absolute atomic E-state index is 12.4. The summed E-state index contributed by atoms with van der Waals surface area (Å²) < 4.78 is 0. The van der Waals surface area contributed by atoms with Crippen LogP contribution in [0.5, 0.6) is 0 Å². The van der Waals surface area contributed by atoms with Gasteiger partial charge in [0.2, 0.25) is 0 Å². The molecule has 1 aliphatic heterocycles. The topological polar surface area (TPSA) is 61.8 Å². The van der Waals surface area contributed by atoms with E-state index in [2.05, 4.69) is 31.2 Å². The highest BCUT2D eigenvalue weighted by molar-refractivity contribution is 6.17. The molecule has 0 spiro atoms. The molecular weight excluding hydrogens is 314 g/mol. The molecule has 0 atom stereocenters. The highest BCUT2D eigenvalue weighted by Crippen LogP contribution is 2.22. The number of para-hydroxylation sites is 1. The number of hydrogen-bond donors (Lipinski definition) is 1. The van der Waals surface area contributed by atoms with Gasteiger partial charge >= 0.3 is 0 Å². The monoisotopic (exact) mass is 335 g/mol. The van der Waals surface area contributed by atoms with E-state index in [1.165, 1.54) is 5.01 Å². The second-order valence-corrected chi connectivity index (χ2v) is 7.05. The molecule has 2 aromatic carbocycles. The average molecular weight is 335 g/mol. The molecule has 0 saturated heterocycles. The molecule has 0 fully saturated rings. The number of amidine groups is 1. The summed E-state index contributed by atoms with van der Waals surface area (Å²) in [4.78, 5) is 24.5. The molecule has 0 radical (unpaired) electrons. The number of hydrazone groups is 1. The van der Waals surface area contributed by atoms with Crippen LogP contribution in [0.3, 0.4) is 0 Å². The number of carbonyl (C=O) groups excluding carboxylic acids is 2. The Morgan fingerprint density at radius 3 is 2.28 bits per heavy atom. The van der Waals surface area contributed by atoms with Crippen LogP contribution in [0.4, 0.5) is 5.69 Å². The van der Waals surface area contributed by atoms with E-state index in [-0.39, 0.29) is 23.7 Å². The van der Waals surface area contributed by atoms with E-state index in [4.69, 9.17) is 0 Å². The molecule has 0 aromatic heterocycles. The summed E-state index contributed by atoms with van der Waals surface area (Å²) >= 11 is 0. The van der Waals surface area contributed by atoms with E-state index in [1.807, 2.05) is 30.3 Å². The maximum Gasteiger partial charge on any atom is 0.256 e. The van der Waals surface area contributed by atoms with Crippen molar-refractivity contribution in [2.75, 3.05) is 5.01 Å². The average Bonchev–Trinajstić information content (AvgIpc) is 2.95. The van der Waals surface area contributed by atoms with Crippen LogP contribution >= 0.6 is 0 Å². The van der Waals surface area contributed by atoms with Gasteiger partial charge in [0.15, 0.2) is 0 Å². The van der Waals surface area contributed by atoms with Gasteiger partial charge in [-0.3, -0.25) is 9.59 Å². The molecule has 1 aliphatic rings. The zero-order valence-corrected chi connectivity index (χ0v) is 14.6. The van der Waals surface area contributed by atoms with Crippen LogP contribution in [-0.4, -0.2) is 17.6 Å². The number of nitrogens with one attached hydrogen (secondary N) is 1. The molecular formula is C20H21N3O2. The van der Waals surface area contributed by atoms with Gasteiger partial charge in [0.25, 0.3) is 11.8 Å². The number of amides is 2. The fourth-order valence-corrected chi connectivity index (χ4v) is 2.59. The van der Waals surface area contributed by atoms with E-state index >= 15 is 0 Å². The normalized spacial score (nSPS) is 14.4. The first-order chi connectivity index (χ1) is 11.8. The molecule has 5 heteroatoms. The van der Waals surface area contributed by atoms with Crippen molar-refractivity contribution in [3.63, 3.8) is 0 Å². The molecule has 0 aliphatic carbocycles. The van der Waals surface area contributed by atoms with Gasteiger partial charge in [0.1, 0.15) is 5.84 Å². The summed E-state index contributed by atoms with van der Waals surface area (Å²) in [5, 5.41) is 8.28. The minimum absolute atomic E-state index is 0.0349. The lowest BCUT2D eigenvalue weighted by Gasteiger charge is -2.19. The molecule has 0 unspecified atom stereocenters. The lowest BCUT2D eigenvalue weighted by atomic mass is 9.87. The van der Waals surface area contributed by atoms with Crippen molar-refractivity contribution in [1.29, 1.82) is 0 Å². The number of anilines is 1. The highest BCUT2D eigenvalue weighted by atomic mass is 16.2. The van der Waals surface area contributed by atoms with Gasteiger partial charge in [-0.25, -0.2) is 0 Å². The standard InChI is InChI=1S/C20H21N3O2/c1-20(2,3)15-11-9-14(10-12-15)19(25)21-17-13-18(24)23(22-17)16-7-5-4-6-8-16/h4-12H,13H2,1-3H3,(H,21,22,25). The molecule has 2 amide bonds. The lowest BCUT2D eigenvalue weighted by molar-refractivity contribution is -0.116.